The van der Waals surface area contributed by atoms with Gasteiger partial charge in [0.25, 0.3) is 0 Å². The molecular weight excluding hydrogens is 1590 g/mol. The van der Waals surface area contributed by atoms with E-state index in [1.807, 2.05) is 132 Å². The van der Waals surface area contributed by atoms with Crippen molar-refractivity contribution in [1.29, 1.82) is 0 Å². The Morgan fingerprint density at radius 1 is 0.177 bits per heavy atom. The van der Waals surface area contributed by atoms with E-state index in [2.05, 4.69) is 314 Å². The third kappa shape index (κ3) is 17.7. The molecule has 0 unspecified atom stereocenters. The van der Waals surface area contributed by atoms with Crippen molar-refractivity contribution in [3.05, 3.63) is 416 Å². The van der Waals surface area contributed by atoms with Crippen molar-refractivity contribution in [3.63, 3.8) is 0 Å². The summed E-state index contributed by atoms with van der Waals surface area (Å²) in [6.45, 7) is 14.3. The molecule has 22 aromatic rings. The fourth-order valence-corrected chi connectivity index (χ4v) is 16.5. The third-order valence-electron chi connectivity index (χ3n) is 23.1. The van der Waals surface area contributed by atoms with Gasteiger partial charge in [0.15, 0.2) is 58.2 Å². The van der Waals surface area contributed by atoms with Gasteiger partial charge in [0.1, 0.15) is 0 Å². The summed E-state index contributed by atoms with van der Waals surface area (Å²) >= 11 is 0. The Morgan fingerprint density at radius 3 is 0.954 bits per heavy atom. The lowest BCUT2D eigenvalue weighted by atomic mass is 10.00. The molecule has 0 bridgehead atoms. The molecule has 0 spiro atoms. The summed E-state index contributed by atoms with van der Waals surface area (Å²) in [6, 6.07) is 129. The average Bonchev–Trinajstić information content (AvgIpc) is 0.811. The van der Waals surface area contributed by atoms with Crippen LogP contribution in [0.2, 0.25) is 0 Å². The van der Waals surface area contributed by atoms with Crippen molar-refractivity contribution in [1.82, 2.24) is 74.8 Å². The van der Waals surface area contributed by atoms with Crippen LogP contribution in [0.25, 0.3) is 213 Å². The molecule has 15 nitrogen and oxygen atoms in total. The van der Waals surface area contributed by atoms with Crippen molar-refractivity contribution in [2.45, 2.75) is 54.4 Å². The summed E-state index contributed by atoms with van der Waals surface area (Å²) in [7, 11) is 0. The van der Waals surface area contributed by atoms with Crippen molar-refractivity contribution < 1.29 is 0 Å². The van der Waals surface area contributed by atoms with E-state index in [4.69, 9.17) is 59.8 Å². The quantitative estimate of drug-likeness (QED) is 0.0940. The highest BCUT2D eigenvalue weighted by Gasteiger charge is 2.22. The van der Waals surface area contributed by atoms with Crippen LogP contribution in [-0.4, -0.2) is 74.8 Å². The highest BCUT2D eigenvalue weighted by atomic mass is 15.1. The topological polar surface area (TPSA) is 193 Å². The Hall–Kier alpha value is -16.9. The predicted molar refractivity (Wildman–Crippen MR) is 528 cm³/mol. The maximum atomic E-state index is 5.08. The number of pyridine rings is 4. The van der Waals surface area contributed by atoms with Crippen molar-refractivity contribution in [3.8, 4) is 159 Å². The molecule has 0 aliphatic heterocycles. The van der Waals surface area contributed by atoms with Gasteiger partial charge in [-0.15, -0.1) is 0 Å². The fourth-order valence-electron chi connectivity index (χ4n) is 16.5. The summed E-state index contributed by atoms with van der Waals surface area (Å²) in [5.74, 6) is 6.68. The van der Waals surface area contributed by atoms with E-state index in [9.17, 15) is 0 Å². The van der Waals surface area contributed by atoms with Gasteiger partial charge < -0.3 is 0 Å². The van der Waals surface area contributed by atoms with Crippen LogP contribution in [0.5, 0.6) is 0 Å². The lowest BCUT2D eigenvalue weighted by molar-refractivity contribution is 0.823. The number of hydrogen-bond donors (Lipinski definition) is 0. The molecule has 130 heavy (non-hydrogen) atoms. The molecule has 22 rings (SSSR count). The number of hydrogen-bond acceptors (Lipinski definition) is 15. The SMILES string of the molecule is CC(C)c1ccc(-c2ccc(-c3nc(-c4ccc5ccccc5c4)nc(-c4ccc5ccccc5c4)n3)cc2)cn1.Cc1ccc2cccc(-c3ccc(-c4nc(-c5cccc6ccccc56)nc(-c5cccc6ccccc56)n4)cc3)c2n1.Cc1cccc(-c2cccc(-c3nc(-c4cccc(-c5cccc(C)n5)c4)nc(-c4cccc(-c5nc(C)cc(C)n5)c4)n3)c2)n1. The van der Waals surface area contributed by atoms with E-state index in [0.29, 0.717) is 64.2 Å². The molecular formula is C115H85N15. The Bertz CT molecular complexity index is 7700. The van der Waals surface area contributed by atoms with E-state index in [1.165, 1.54) is 10.8 Å². The molecule has 0 aliphatic carbocycles. The zero-order valence-corrected chi connectivity index (χ0v) is 72.7. The Balaban J connectivity index is 0.000000122. The van der Waals surface area contributed by atoms with Crippen LogP contribution in [-0.2, 0) is 0 Å². The van der Waals surface area contributed by atoms with Gasteiger partial charge in [0, 0.05) is 124 Å². The third-order valence-corrected chi connectivity index (χ3v) is 23.1. The van der Waals surface area contributed by atoms with Crippen LogP contribution in [0.4, 0.5) is 0 Å². The highest BCUT2D eigenvalue weighted by molar-refractivity contribution is 5.99. The summed E-state index contributed by atoms with van der Waals surface area (Å²) in [4.78, 5) is 73.5. The molecule has 8 aromatic heterocycles. The van der Waals surface area contributed by atoms with Gasteiger partial charge >= 0.3 is 0 Å². The Morgan fingerprint density at radius 2 is 0.500 bits per heavy atom. The molecule has 620 valence electrons. The lowest BCUT2D eigenvalue weighted by Crippen LogP contribution is -2.01. The number of para-hydroxylation sites is 1. The fraction of sp³-hybridized carbons (Fsp3) is 0.0696. The van der Waals surface area contributed by atoms with Crippen molar-refractivity contribution in [2.24, 2.45) is 0 Å². The van der Waals surface area contributed by atoms with Gasteiger partial charge in [-0.2, -0.15) is 0 Å². The minimum atomic E-state index is 0.406. The van der Waals surface area contributed by atoms with Gasteiger partial charge in [-0.05, 0) is 168 Å². The number of nitrogens with zero attached hydrogens (tertiary/aromatic N) is 15. The lowest BCUT2D eigenvalue weighted by Gasteiger charge is -2.12. The first-order valence-corrected chi connectivity index (χ1v) is 43.5. The first-order valence-electron chi connectivity index (χ1n) is 43.5. The Kier molecular flexibility index (Phi) is 22.5. The molecule has 0 fully saturated rings. The largest absolute Gasteiger partial charge is 0.260 e. The number of fused-ring (bicyclic) bond motifs is 5. The monoisotopic (exact) mass is 1680 g/mol. The molecule has 0 N–H and O–H groups in total. The van der Waals surface area contributed by atoms with E-state index in [0.717, 1.165) is 178 Å². The second-order valence-corrected chi connectivity index (χ2v) is 32.8. The summed E-state index contributed by atoms with van der Waals surface area (Å²) in [5.41, 5.74) is 24.3. The van der Waals surface area contributed by atoms with Crippen LogP contribution < -0.4 is 0 Å². The van der Waals surface area contributed by atoms with Gasteiger partial charge in [-0.25, -0.2) is 54.8 Å². The van der Waals surface area contributed by atoms with Gasteiger partial charge in [0.2, 0.25) is 0 Å². The molecule has 0 atom stereocenters. The maximum Gasteiger partial charge on any atom is 0.164 e. The standard InChI is InChI=1S/C39H31N7.C39H26N4.C37H28N4/c1-24-10-5-18-34(40-24)28-12-7-14-30(21-28)37-44-38(31-15-8-13-29(22-31)35-19-6-11-25(2)41-35)46-39(45-37)33-17-9-16-32(23-33)36-42-26(3)20-27(4)43-36;1-25-19-20-29-13-8-16-33(36(29)40-25)28-21-23-30(24-22-28)37-41-38(34-17-6-11-26-9-2-4-14-31(26)34)43-39(42-37)35-18-7-12-27-10-3-5-15-32(27)35;1-24(2)34-20-19-33(23-38-34)27-11-15-28(16-12-27)35-39-36(31-17-13-25-7-3-5-9-29(25)21-31)41-37(40-35)32-18-14-26-8-4-6-10-30(26)22-32/h5-23H,1-4H3;2-24H,1H3;3-24H,1-2H3. The first-order chi connectivity index (χ1) is 63.7. The van der Waals surface area contributed by atoms with E-state index in [1.54, 1.807) is 0 Å². The maximum absolute atomic E-state index is 5.08. The zero-order valence-electron chi connectivity index (χ0n) is 72.7. The number of benzene rings is 14. The van der Waals surface area contributed by atoms with E-state index >= 15 is 0 Å². The minimum Gasteiger partial charge on any atom is -0.260 e. The molecule has 8 heterocycles. The van der Waals surface area contributed by atoms with E-state index in [-0.39, 0.29) is 0 Å². The van der Waals surface area contributed by atoms with Crippen LogP contribution >= 0.6 is 0 Å². The minimum absolute atomic E-state index is 0.406. The van der Waals surface area contributed by atoms with Gasteiger partial charge in [-0.1, -0.05) is 317 Å². The summed E-state index contributed by atoms with van der Waals surface area (Å²) < 4.78 is 0. The van der Waals surface area contributed by atoms with Crippen LogP contribution in [0, 0.1) is 34.6 Å². The molecule has 0 radical (unpaired) electrons. The summed E-state index contributed by atoms with van der Waals surface area (Å²) in [6.07, 6.45) is 1.95. The molecule has 0 aliphatic rings. The summed E-state index contributed by atoms with van der Waals surface area (Å²) in [5, 5.41) is 10.3. The Labute approximate surface area is 753 Å². The zero-order chi connectivity index (χ0) is 88.1. The van der Waals surface area contributed by atoms with Crippen LogP contribution in [0.15, 0.2) is 382 Å². The molecule has 14 aromatic carbocycles. The number of rotatable bonds is 15. The van der Waals surface area contributed by atoms with E-state index < -0.39 is 0 Å². The second-order valence-electron chi connectivity index (χ2n) is 32.8. The number of aryl methyl sites for hydroxylation is 5. The van der Waals surface area contributed by atoms with Crippen molar-refractivity contribution in [2.75, 3.05) is 0 Å². The van der Waals surface area contributed by atoms with Crippen LogP contribution in [0.3, 0.4) is 0 Å². The normalized spacial score (nSPS) is 11.3. The first kappa shape index (κ1) is 81.4. The molecule has 15 heteroatoms. The smallest absolute Gasteiger partial charge is 0.164 e. The molecule has 0 saturated heterocycles. The van der Waals surface area contributed by atoms with Gasteiger partial charge in [0.05, 0.1) is 16.9 Å². The molecule has 0 saturated carbocycles. The predicted octanol–water partition coefficient (Wildman–Crippen LogP) is 27.8. The average molecular weight is 1680 g/mol. The van der Waals surface area contributed by atoms with Crippen molar-refractivity contribution >= 4 is 54.0 Å². The van der Waals surface area contributed by atoms with Gasteiger partial charge in [-0.3, -0.25) is 19.9 Å². The van der Waals surface area contributed by atoms with Crippen LogP contribution in [0.1, 0.15) is 53.9 Å². The number of aromatic nitrogens is 15. The highest BCUT2D eigenvalue weighted by Crippen LogP contribution is 2.39. The second kappa shape index (κ2) is 36.0. The molecule has 0 amide bonds.